The van der Waals surface area contributed by atoms with Crippen molar-refractivity contribution < 1.29 is 0 Å². The van der Waals surface area contributed by atoms with Gasteiger partial charge >= 0.3 is 0 Å². The Morgan fingerprint density at radius 3 is 2.14 bits per heavy atom. The first-order chi connectivity index (χ1) is 3.18. The van der Waals surface area contributed by atoms with E-state index in [4.69, 9.17) is 0 Å². The first kappa shape index (κ1) is 6.21. The minimum atomic E-state index is 0.898. The Morgan fingerprint density at radius 2 is 2.14 bits per heavy atom. The van der Waals surface area contributed by atoms with E-state index in [1.165, 1.54) is 0 Å². The molecule has 40 valence electrons. The SMILES string of the molecule is C=NN(C)C(=C)C. The molecule has 2 heteroatoms. The maximum atomic E-state index is 3.62. The Labute approximate surface area is 44.1 Å². The molecule has 0 saturated heterocycles. The van der Waals surface area contributed by atoms with Crippen molar-refractivity contribution in [3.8, 4) is 0 Å². The molecule has 0 aliphatic carbocycles. The molecule has 0 fully saturated rings. The molecule has 7 heavy (non-hydrogen) atoms. The maximum Gasteiger partial charge on any atom is 0.0299 e. The van der Waals surface area contributed by atoms with E-state index in [0.717, 1.165) is 5.70 Å². The van der Waals surface area contributed by atoms with E-state index in [-0.39, 0.29) is 0 Å². The molecular formula is C5H10N2. The van der Waals surface area contributed by atoms with E-state index in [2.05, 4.69) is 18.4 Å². The van der Waals surface area contributed by atoms with Crippen LogP contribution >= 0.6 is 0 Å². The third-order valence-corrected chi connectivity index (χ3v) is 0.765. The molecule has 2 nitrogen and oxygen atoms in total. The highest BCUT2D eigenvalue weighted by molar-refractivity contribution is 5.23. The van der Waals surface area contributed by atoms with Crippen molar-refractivity contribution in [1.29, 1.82) is 0 Å². The van der Waals surface area contributed by atoms with Crippen molar-refractivity contribution in [2.45, 2.75) is 6.92 Å². The summed E-state index contributed by atoms with van der Waals surface area (Å²) in [5, 5.41) is 5.18. The highest BCUT2D eigenvalue weighted by Crippen LogP contribution is 1.92. The monoisotopic (exact) mass is 98.1 g/mol. The van der Waals surface area contributed by atoms with Crippen molar-refractivity contribution in [2.24, 2.45) is 5.10 Å². The Bertz CT molecular complexity index is 86.1. The second-order valence-electron chi connectivity index (χ2n) is 1.40. The van der Waals surface area contributed by atoms with Crippen LogP contribution in [0, 0.1) is 0 Å². The van der Waals surface area contributed by atoms with Gasteiger partial charge in [0.05, 0.1) is 0 Å². The third kappa shape index (κ3) is 1.98. The van der Waals surface area contributed by atoms with Crippen LogP contribution in [0.1, 0.15) is 6.92 Å². The van der Waals surface area contributed by atoms with Crippen molar-refractivity contribution in [2.75, 3.05) is 7.05 Å². The van der Waals surface area contributed by atoms with Crippen LogP contribution in [0.4, 0.5) is 0 Å². The fourth-order valence-corrected chi connectivity index (χ4v) is 0.121. The minimum Gasteiger partial charge on any atom is -0.274 e. The van der Waals surface area contributed by atoms with E-state index >= 15 is 0 Å². The van der Waals surface area contributed by atoms with Crippen molar-refractivity contribution in [3.05, 3.63) is 12.3 Å². The molecule has 0 aromatic carbocycles. The summed E-state index contributed by atoms with van der Waals surface area (Å²) in [5.74, 6) is 0. The summed E-state index contributed by atoms with van der Waals surface area (Å²) in [6.07, 6.45) is 0. The number of hydrogen-bond donors (Lipinski definition) is 0. The smallest absolute Gasteiger partial charge is 0.0299 e. The van der Waals surface area contributed by atoms with E-state index in [1.54, 1.807) is 12.1 Å². The summed E-state index contributed by atoms with van der Waals surface area (Å²) in [6, 6.07) is 0. The molecule has 0 aliphatic heterocycles. The van der Waals surface area contributed by atoms with E-state index in [0.29, 0.717) is 0 Å². The fourth-order valence-electron chi connectivity index (χ4n) is 0.121. The van der Waals surface area contributed by atoms with Crippen LogP contribution in [0.3, 0.4) is 0 Å². The van der Waals surface area contributed by atoms with E-state index in [1.807, 2.05) is 6.92 Å². The second-order valence-corrected chi connectivity index (χ2v) is 1.40. The van der Waals surface area contributed by atoms with Gasteiger partial charge in [0, 0.05) is 19.5 Å². The molecule has 0 amide bonds. The number of hydrogen-bond acceptors (Lipinski definition) is 2. The van der Waals surface area contributed by atoms with Crippen LogP contribution in [-0.2, 0) is 0 Å². The average molecular weight is 98.1 g/mol. The van der Waals surface area contributed by atoms with Crippen LogP contribution in [0.2, 0.25) is 0 Å². The highest BCUT2D eigenvalue weighted by atomic mass is 15.4. The lowest BCUT2D eigenvalue weighted by molar-refractivity contribution is 0.454. The molecule has 0 aliphatic rings. The van der Waals surface area contributed by atoms with Gasteiger partial charge in [-0.25, -0.2) is 0 Å². The Kier molecular flexibility index (Phi) is 2.12. The van der Waals surface area contributed by atoms with Crippen LogP contribution < -0.4 is 0 Å². The van der Waals surface area contributed by atoms with E-state index < -0.39 is 0 Å². The quantitative estimate of drug-likeness (QED) is 0.372. The Morgan fingerprint density at radius 1 is 1.71 bits per heavy atom. The van der Waals surface area contributed by atoms with Gasteiger partial charge in [0.15, 0.2) is 0 Å². The lowest BCUT2D eigenvalue weighted by Crippen LogP contribution is -2.04. The van der Waals surface area contributed by atoms with Gasteiger partial charge in [-0.1, -0.05) is 6.58 Å². The molecule has 0 aromatic rings. The van der Waals surface area contributed by atoms with Crippen LogP contribution in [-0.4, -0.2) is 18.8 Å². The first-order valence-electron chi connectivity index (χ1n) is 2.04. The van der Waals surface area contributed by atoms with Gasteiger partial charge in [-0.15, -0.1) is 0 Å². The molecule has 0 radical (unpaired) electrons. The number of nitrogens with zero attached hydrogens (tertiary/aromatic N) is 2. The van der Waals surface area contributed by atoms with Crippen molar-refractivity contribution in [3.63, 3.8) is 0 Å². The third-order valence-electron chi connectivity index (χ3n) is 0.765. The van der Waals surface area contributed by atoms with Gasteiger partial charge in [0.25, 0.3) is 0 Å². The molecule has 0 N–H and O–H groups in total. The number of hydrazone groups is 1. The zero-order valence-corrected chi connectivity index (χ0v) is 4.81. The summed E-state index contributed by atoms with van der Waals surface area (Å²) in [6.45, 7) is 8.78. The zero-order valence-electron chi connectivity index (χ0n) is 4.81. The predicted molar refractivity (Wildman–Crippen MR) is 32.1 cm³/mol. The largest absolute Gasteiger partial charge is 0.274 e. The summed E-state index contributed by atoms with van der Waals surface area (Å²) >= 11 is 0. The predicted octanol–water partition coefficient (Wildman–Crippen LogP) is 1.07. The molecule has 0 heterocycles. The summed E-state index contributed by atoms with van der Waals surface area (Å²) in [5.41, 5.74) is 0.898. The lowest BCUT2D eigenvalue weighted by atomic mass is 10.6. The highest BCUT2D eigenvalue weighted by Gasteiger charge is 1.84. The number of allylic oxidation sites excluding steroid dienone is 1. The van der Waals surface area contributed by atoms with Gasteiger partial charge in [-0.3, -0.25) is 5.01 Å². The summed E-state index contributed by atoms with van der Waals surface area (Å²) in [4.78, 5) is 0. The van der Waals surface area contributed by atoms with E-state index in [9.17, 15) is 0 Å². The van der Waals surface area contributed by atoms with Gasteiger partial charge in [-0.05, 0) is 6.92 Å². The van der Waals surface area contributed by atoms with Gasteiger partial charge in [-0.2, -0.15) is 5.10 Å². The van der Waals surface area contributed by atoms with Crippen LogP contribution in [0.5, 0.6) is 0 Å². The Balaban J connectivity index is 3.55. The minimum absolute atomic E-state index is 0.898. The topological polar surface area (TPSA) is 15.6 Å². The molecule has 0 rings (SSSR count). The first-order valence-corrected chi connectivity index (χ1v) is 2.04. The van der Waals surface area contributed by atoms with Crippen LogP contribution in [0.25, 0.3) is 0 Å². The van der Waals surface area contributed by atoms with Crippen molar-refractivity contribution >= 4 is 6.72 Å². The second kappa shape index (κ2) is 2.39. The normalized spacial score (nSPS) is 7.71. The Hall–Kier alpha value is -0.790. The molecular weight excluding hydrogens is 88.1 g/mol. The van der Waals surface area contributed by atoms with Crippen molar-refractivity contribution in [1.82, 2.24) is 5.01 Å². The lowest BCUT2D eigenvalue weighted by Gasteiger charge is -2.08. The molecule has 0 saturated carbocycles. The molecule has 0 bridgehead atoms. The molecule has 0 spiro atoms. The molecule has 0 atom stereocenters. The van der Waals surface area contributed by atoms with Gasteiger partial charge < -0.3 is 0 Å². The maximum absolute atomic E-state index is 3.62. The average Bonchev–Trinajstić information content (AvgIpc) is 1.65. The summed E-state index contributed by atoms with van der Waals surface area (Å²) in [7, 11) is 1.80. The van der Waals surface area contributed by atoms with Crippen LogP contribution in [0.15, 0.2) is 17.4 Å². The standard InChI is InChI=1S/C5H10N2/c1-5(2)7(4)6-3/h1,3H2,2,4H3. The summed E-state index contributed by atoms with van der Waals surface area (Å²) < 4.78 is 0. The zero-order chi connectivity index (χ0) is 5.86. The number of rotatable bonds is 2. The fraction of sp³-hybridized carbons (Fsp3) is 0.400. The van der Waals surface area contributed by atoms with Gasteiger partial charge in [0.2, 0.25) is 0 Å². The molecule has 0 aromatic heterocycles. The van der Waals surface area contributed by atoms with Gasteiger partial charge in [0.1, 0.15) is 0 Å². The molecule has 0 unspecified atom stereocenters.